The Morgan fingerprint density at radius 3 is 2.80 bits per heavy atom. The molecule has 0 saturated heterocycles. The summed E-state index contributed by atoms with van der Waals surface area (Å²) in [6, 6.07) is 7.88. The van der Waals surface area contributed by atoms with Crippen LogP contribution < -0.4 is 4.81 Å². The first-order valence-electron chi connectivity index (χ1n) is 9.13. The number of aromatic nitrogens is 4. The van der Waals surface area contributed by atoms with Crippen LogP contribution in [0.3, 0.4) is 0 Å². The number of fused-ring (bicyclic) bond motifs is 3. The van der Waals surface area contributed by atoms with E-state index in [9.17, 15) is 14.4 Å². The fourth-order valence-electron chi connectivity index (χ4n) is 3.60. The second kappa shape index (κ2) is 7.19. The summed E-state index contributed by atoms with van der Waals surface area (Å²) in [5.41, 5.74) is 3.30. The molecule has 0 unspecified atom stereocenters. The number of hydrogen-bond donors (Lipinski definition) is 0. The molecule has 4 aromatic rings. The lowest BCUT2D eigenvalue weighted by molar-refractivity contribution is -0.141. The summed E-state index contributed by atoms with van der Waals surface area (Å²) >= 11 is 0. The lowest BCUT2D eigenvalue weighted by Crippen LogP contribution is -2.16. The molecule has 0 aliphatic rings. The fourth-order valence-corrected chi connectivity index (χ4v) is 3.60. The Morgan fingerprint density at radius 1 is 1.37 bits per heavy atom. The van der Waals surface area contributed by atoms with Gasteiger partial charge in [0.15, 0.2) is 0 Å². The van der Waals surface area contributed by atoms with Gasteiger partial charge in [-0.25, -0.2) is 14.4 Å². The second-order valence-corrected chi connectivity index (χ2v) is 7.15. The highest BCUT2D eigenvalue weighted by Gasteiger charge is 2.22. The molecule has 0 spiro atoms. The number of methoxy groups -OCH3 is 1. The summed E-state index contributed by atoms with van der Waals surface area (Å²) in [5, 5.41) is 10.0. The fraction of sp³-hybridized carbons (Fsp3) is 0.200. The highest BCUT2D eigenvalue weighted by atomic mass is 19.1. The Kier molecular flexibility index (Phi) is 4.66. The highest BCUT2D eigenvalue weighted by molar-refractivity contribution is 6.20. The molecule has 150 valence electrons. The van der Waals surface area contributed by atoms with Gasteiger partial charge in [0.25, 0.3) is 0 Å². The molecule has 0 radical (unpaired) electrons. The molecule has 8 nitrogen and oxygen atoms in total. The van der Waals surface area contributed by atoms with Gasteiger partial charge in [0, 0.05) is 18.0 Å². The topological polar surface area (TPSA) is 89.0 Å². The number of anilines is 1. The molecular formula is C20H18BFN6O2. The molecule has 0 fully saturated rings. The monoisotopic (exact) mass is 404 g/mol. The molecule has 30 heavy (non-hydrogen) atoms. The molecule has 3 aromatic heterocycles. The van der Waals surface area contributed by atoms with Crippen LogP contribution in [-0.4, -0.2) is 47.2 Å². The van der Waals surface area contributed by atoms with Crippen LogP contribution in [-0.2, 0) is 23.1 Å². The minimum Gasteiger partial charge on any atom is -0.468 e. The molecule has 0 aliphatic carbocycles. The quantitative estimate of drug-likeness (QED) is 0.381. The van der Waals surface area contributed by atoms with Gasteiger partial charge in [0.2, 0.25) is 7.98 Å². The highest BCUT2D eigenvalue weighted by Crippen LogP contribution is 2.35. The van der Waals surface area contributed by atoms with Crippen LogP contribution in [0.4, 0.5) is 10.2 Å². The average molecular weight is 404 g/mol. The zero-order valence-electron chi connectivity index (χ0n) is 17.0. The van der Waals surface area contributed by atoms with Gasteiger partial charge in [0.05, 0.1) is 36.3 Å². The van der Waals surface area contributed by atoms with Crippen molar-refractivity contribution in [3.63, 3.8) is 0 Å². The smallest absolute Gasteiger partial charge is 0.325 e. The number of carbonyl (C=O) groups is 1. The lowest BCUT2D eigenvalue weighted by Gasteiger charge is -2.14. The predicted molar refractivity (Wildman–Crippen MR) is 113 cm³/mol. The zero-order chi connectivity index (χ0) is 21.6. The van der Waals surface area contributed by atoms with Gasteiger partial charge in [-0.2, -0.15) is 5.26 Å². The minimum absolute atomic E-state index is 0.114. The van der Waals surface area contributed by atoms with Gasteiger partial charge in [-0.3, -0.25) is 4.79 Å². The molecule has 0 atom stereocenters. The normalized spacial score (nSPS) is 11.0. The molecule has 4 rings (SSSR count). The maximum atomic E-state index is 14.2. The largest absolute Gasteiger partial charge is 0.468 e. The zero-order valence-corrected chi connectivity index (χ0v) is 17.0. The molecule has 1 aromatic carbocycles. The van der Waals surface area contributed by atoms with E-state index in [0.717, 1.165) is 10.9 Å². The van der Waals surface area contributed by atoms with Crippen molar-refractivity contribution >= 4 is 41.8 Å². The van der Waals surface area contributed by atoms with Gasteiger partial charge in [-0.15, -0.1) is 0 Å². The number of nitriles is 1. The third-order valence-corrected chi connectivity index (χ3v) is 4.95. The van der Waals surface area contributed by atoms with Crippen molar-refractivity contribution in [2.45, 2.75) is 6.54 Å². The van der Waals surface area contributed by atoms with Crippen molar-refractivity contribution in [1.29, 1.82) is 5.26 Å². The first kappa shape index (κ1) is 19.5. The van der Waals surface area contributed by atoms with Crippen LogP contribution in [0.2, 0.25) is 0 Å². The van der Waals surface area contributed by atoms with Crippen molar-refractivity contribution in [2.75, 3.05) is 19.0 Å². The molecule has 0 aliphatic heterocycles. The van der Waals surface area contributed by atoms with E-state index in [4.69, 9.17) is 9.72 Å². The van der Waals surface area contributed by atoms with Crippen LogP contribution in [0.25, 0.3) is 33.3 Å². The molecule has 0 bridgehead atoms. The van der Waals surface area contributed by atoms with E-state index in [0.29, 0.717) is 28.2 Å². The maximum Gasteiger partial charge on any atom is 0.325 e. The number of pyridine rings is 1. The number of nitrogens with zero attached hydrogens (tertiary/aromatic N) is 6. The standard InChI is InChI=1S/C20H18BFN6O2/c1-26-10-24-17-18(26)14-7-15(12-4-11(8-23)5-13(22)6-12)28(9-16(29)30-3)19(14)25-20(17)27(2)21/h4-7,10H,9,21H2,1-3H3. The Morgan fingerprint density at radius 2 is 2.13 bits per heavy atom. The summed E-state index contributed by atoms with van der Waals surface area (Å²) in [4.78, 5) is 23.3. The Labute approximate surface area is 172 Å². The van der Waals surface area contributed by atoms with E-state index in [1.165, 1.54) is 19.2 Å². The number of hydrogen-bond acceptors (Lipinski definition) is 6. The molecular weight excluding hydrogens is 386 g/mol. The number of carbonyl (C=O) groups excluding carboxylic acids is 1. The van der Waals surface area contributed by atoms with Gasteiger partial charge >= 0.3 is 5.97 Å². The second-order valence-electron chi connectivity index (χ2n) is 7.15. The number of rotatable bonds is 4. The van der Waals surface area contributed by atoms with Gasteiger partial charge in [-0.1, -0.05) is 0 Å². The number of esters is 1. The first-order valence-corrected chi connectivity index (χ1v) is 9.13. The van der Waals surface area contributed by atoms with Crippen molar-refractivity contribution in [3.8, 4) is 17.3 Å². The summed E-state index contributed by atoms with van der Waals surface area (Å²) in [5.74, 6) is -0.360. The number of imidazole rings is 1. The summed E-state index contributed by atoms with van der Waals surface area (Å²) in [6.07, 6.45) is 1.70. The first-order chi connectivity index (χ1) is 14.3. The van der Waals surface area contributed by atoms with E-state index < -0.39 is 11.8 Å². The van der Waals surface area contributed by atoms with Gasteiger partial charge < -0.3 is 18.7 Å². The summed E-state index contributed by atoms with van der Waals surface area (Å²) in [7, 11) is 6.91. The van der Waals surface area contributed by atoms with Gasteiger partial charge in [0.1, 0.15) is 29.3 Å². The molecule has 0 N–H and O–H groups in total. The molecule has 3 heterocycles. The van der Waals surface area contributed by atoms with E-state index in [2.05, 4.69) is 4.98 Å². The van der Waals surface area contributed by atoms with E-state index in [1.807, 2.05) is 43.6 Å². The van der Waals surface area contributed by atoms with Crippen molar-refractivity contribution in [1.82, 2.24) is 19.1 Å². The predicted octanol–water partition coefficient (Wildman–Crippen LogP) is 1.76. The maximum absolute atomic E-state index is 14.2. The Balaban J connectivity index is 2.13. The van der Waals surface area contributed by atoms with Crippen LogP contribution in [0.15, 0.2) is 30.6 Å². The number of benzene rings is 1. The van der Waals surface area contributed by atoms with Crippen molar-refractivity contribution < 1.29 is 13.9 Å². The number of aryl methyl sites for hydroxylation is 1. The third-order valence-electron chi connectivity index (χ3n) is 4.95. The summed E-state index contributed by atoms with van der Waals surface area (Å²) in [6.45, 7) is -0.114. The van der Waals surface area contributed by atoms with E-state index in [-0.39, 0.29) is 12.1 Å². The number of halogens is 1. The number of ether oxygens (including phenoxy) is 1. The van der Waals surface area contributed by atoms with E-state index >= 15 is 0 Å². The molecule has 10 heteroatoms. The van der Waals surface area contributed by atoms with E-state index in [1.54, 1.807) is 17.0 Å². The SMILES string of the molecule is BN(C)c1nc2c(cc(-c3cc(F)cc(C#N)c3)n2CC(=O)OC)c2c1ncn2C. The lowest BCUT2D eigenvalue weighted by atomic mass is 10.1. The van der Waals surface area contributed by atoms with Crippen LogP contribution in [0.5, 0.6) is 0 Å². The van der Waals surface area contributed by atoms with Crippen molar-refractivity contribution in [2.24, 2.45) is 7.05 Å². The van der Waals surface area contributed by atoms with Crippen LogP contribution in [0, 0.1) is 17.1 Å². The molecule has 0 amide bonds. The van der Waals surface area contributed by atoms with Crippen LogP contribution in [0.1, 0.15) is 5.56 Å². The molecule has 0 saturated carbocycles. The summed E-state index contributed by atoms with van der Waals surface area (Å²) < 4.78 is 22.6. The Hall–Kier alpha value is -3.87. The third kappa shape index (κ3) is 3.04. The van der Waals surface area contributed by atoms with Gasteiger partial charge in [-0.05, 0) is 31.3 Å². The minimum atomic E-state index is -0.536. The van der Waals surface area contributed by atoms with Crippen molar-refractivity contribution in [3.05, 3.63) is 42.0 Å². The van der Waals surface area contributed by atoms with Crippen LogP contribution >= 0.6 is 0 Å². The average Bonchev–Trinajstić information content (AvgIpc) is 3.27. The Bertz CT molecular complexity index is 1350.